The van der Waals surface area contributed by atoms with Crippen molar-refractivity contribution in [1.29, 1.82) is 0 Å². The van der Waals surface area contributed by atoms with Crippen molar-refractivity contribution >= 4 is 17.0 Å². The molecule has 0 amide bonds. The fourth-order valence-electron chi connectivity index (χ4n) is 2.32. The first-order valence-electron chi connectivity index (χ1n) is 5.99. The van der Waals surface area contributed by atoms with Crippen LogP contribution in [0.4, 0.5) is 5.82 Å². The fraction of sp³-hybridized carbons (Fsp3) is 0.417. The fourth-order valence-corrected chi connectivity index (χ4v) is 2.32. The number of imidazole rings is 1. The van der Waals surface area contributed by atoms with Crippen molar-refractivity contribution < 1.29 is 14.9 Å². The van der Waals surface area contributed by atoms with E-state index in [1.54, 1.807) is 4.57 Å². The molecule has 0 bridgehead atoms. The lowest BCUT2D eigenvalue weighted by Gasteiger charge is -2.23. The Labute approximate surface area is 114 Å². The van der Waals surface area contributed by atoms with Gasteiger partial charge in [0.15, 0.2) is 17.1 Å². The summed E-state index contributed by atoms with van der Waals surface area (Å²) in [6.07, 6.45) is 6.85. The Morgan fingerprint density at radius 1 is 1.55 bits per heavy atom. The standard InChI is InChI=1S/C12H13N5O3/c1-2-12(4-18)7(19)3-8(20-12)17-6-16-9-10(13)14-5-15-11(9)17/h1,5-8,18-19H,3-4H2,(H2,13,14,15)/t7-,8-,12-/m1/s1. The lowest BCUT2D eigenvalue weighted by Crippen LogP contribution is -2.41. The Hall–Kier alpha value is -2.21. The predicted molar refractivity (Wildman–Crippen MR) is 69.1 cm³/mol. The number of fused-ring (bicyclic) bond motifs is 1. The van der Waals surface area contributed by atoms with Gasteiger partial charge in [-0.1, -0.05) is 5.92 Å². The summed E-state index contributed by atoms with van der Waals surface area (Å²) in [7, 11) is 0. The Kier molecular flexibility index (Phi) is 2.83. The van der Waals surface area contributed by atoms with Gasteiger partial charge in [-0.2, -0.15) is 0 Å². The zero-order valence-electron chi connectivity index (χ0n) is 10.5. The second-order valence-electron chi connectivity index (χ2n) is 4.60. The van der Waals surface area contributed by atoms with Crippen molar-refractivity contribution in [2.75, 3.05) is 12.3 Å². The number of terminal acetylenes is 1. The van der Waals surface area contributed by atoms with Gasteiger partial charge in [-0.25, -0.2) is 15.0 Å². The molecule has 1 fully saturated rings. The molecule has 0 aromatic carbocycles. The molecule has 1 aliphatic heterocycles. The van der Waals surface area contributed by atoms with Crippen LogP contribution in [0.3, 0.4) is 0 Å². The number of nitrogen functional groups attached to an aromatic ring is 1. The summed E-state index contributed by atoms with van der Waals surface area (Å²) in [5.41, 5.74) is 5.25. The number of hydrogen-bond acceptors (Lipinski definition) is 7. The maximum atomic E-state index is 10.0. The van der Waals surface area contributed by atoms with E-state index in [0.29, 0.717) is 11.2 Å². The summed E-state index contributed by atoms with van der Waals surface area (Å²) in [6, 6.07) is 0. The van der Waals surface area contributed by atoms with Gasteiger partial charge in [0.05, 0.1) is 12.9 Å². The highest BCUT2D eigenvalue weighted by molar-refractivity contribution is 5.81. The number of aliphatic hydroxyl groups excluding tert-OH is 2. The number of nitrogens with two attached hydrogens (primary N) is 1. The first-order valence-corrected chi connectivity index (χ1v) is 5.99. The molecule has 1 saturated heterocycles. The third-order valence-electron chi connectivity index (χ3n) is 3.49. The zero-order chi connectivity index (χ0) is 14.3. The summed E-state index contributed by atoms with van der Waals surface area (Å²) in [4.78, 5) is 12.1. The normalized spacial score (nSPS) is 29.6. The minimum atomic E-state index is -1.40. The molecule has 8 heteroatoms. The van der Waals surface area contributed by atoms with Gasteiger partial charge in [-0.05, 0) is 0 Å². The van der Waals surface area contributed by atoms with Gasteiger partial charge in [0.25, 0.3) is 0 Å². The molecule has 1 aliphatic rings. The van der Waals surface area contributed by atoms with Gasteiger partial charge in [-0.3, -0.25) is 4.57 Å². The Morgan fingerprint density at radius 2 is 2.35 bits per heavy atom. The zero-order valence-corrected chi connectivity index (χ0v) is 10.5. The smallest absolute Gasteiger partial charge is 0.179 e. The number of anilines is 1. The second kappa shape index (κ2) is 4.42. The van der Waals surface area contributed by atoms with Gasteiger partial charge in [0.1, 0.15) is 24.2 Å². The van der Waals surface area contributed by atoms with E-state index in [2.05, 4.69) is 20.9 Å². The summed E-state index contributed by atoms with van der Waals surface area (Å²) in [5, 5.41) is 19.4. The van der Waals surface area contributed by atoms with Crippen LogP contribution in [-0.4, -0.2) is 48.0 Å². The molecule has 104 valence electrons. The van der Waals surface area contributed by atoms with E-state index >= 15 is 0 Å². The van der Waals surface area contributed by atoms with Crippen LogP contribution < -0.4 is 5.73 Å². The van der Waals surface area contributed by atoms with Crippen LogP contribution in [0.2, 0.25) is 0 Å². The van der Waals surface area contributed by atoms with E-state index in [4.69, 9.17) is 16.9 Å². The molecule has 0 spiro atoms. The third-order valence-corrected chi connectivity index (χ3v) is 3.49. The lowest BCUT2D eigenvalue weighted by atomic mass is 9.99. The first-order chi connectivity index (χ1) is 9.61. The van der Waals surface area contributed by atoms with Crippen LogP contribution in [0.15, 0.2) is 12.7 Å². The van der Waals surface area contributed by atoms with E-state index in [1.807, 2.05) is 0 Å². The molecule has 3 atom stereocenters. The van der Waals surface area contributed by atoms with Gasteiger partial charge in [0, 0.05) is 6.42 Å². The number of aliphatic hydroxyl groups is 2. The SMILES string of the molecule is C#C[C@]1(CO)O[C@@H](n2cnc3c(N)ncnc32)C[C@H]1O. The van der Waals surface area contributed by atoms with E-state index in [0.717, 1.165) is 0 Å². The van der Waals surface area contributed by atoms with Crippen LogP contribution in [0.25, 0.3) is 11.2 Å². The van der Waals surface area contributed by atoms with Crippen molar-refractivity contribution in [1.82, 2.24) is 19.5 Å². The van der Waals surface area contributed by atoms with E-state index < -0.39 is 24.5 Å². The van der Waals surface area contributed by atoms with E-state index in [1.165, 1.54) is 12.7 Å². The predicted octanol–water partition coefficient (Wildman–Crippen LogP) is -0.947. The molecule has 0 saturated carbocycles. The van der Waals surface area contributed by atoms with Gasteiger partial charge in [-0.15, -0.1) is 6.42 Å². The lowest BCUT2D eigenvalue weighted by molar-refractivity contribution is -0.0891. The van der Waals surface area contributed by atoms with Crippen LogP contribution in [0, 0.1) is 12.3 Å². The van der Waals surface area contributed by atoms with Crippen molar-refractivity contribution in [3.05, 3.63) is 12.7 Å². The maximum Gasteiger partial charge on any atom is 0.179 e. The molecule has 0 aliphatic carbocycles. The van der Waals surface area contributed by atoms with Crippen LogP contribution in [0.1, 0.15) is 12.6 Å². The molecular weight excluding hydrogens is 262 g/mol. The molecule has 3 rings (SSSR count). The van der Waals surface area contributed by atoms with E-state index in [9.17, 15) is 10.2 Å². The summed E-state index contributed by atoms with van der Waals surface area (Å²) in [5.74, 6) is 2.58. The molecule has 8 nitrogen and oxygen atoms in total. The van der Waals surface area contributed by atoms with E-state index in [-0.39, 0.29) is 12.2 Å². The molecule has 20 heavy (non-hydrogen) atoms. The highest BCUT2D eigenvalue weighted by Crippen LogP contribution is 2.37. The number of ether oxygens (including phenoxy) is 1. The maximum absolute atomic E-state index is 10.0. The Balaban J connectivity index is 2.02. The quantitative estimate of drug-likeness (QED) is 0.604. The van der Waals surface area contributed by atoms with Crippen molar-refractivity contribution in [2.24, 2.45) is 0 Å². The summed E-state index contributed by atoms with van der Waals surface area (Å²) in [6.45, 7) is -0.467. The number of hydrogen-bond donors (Lipinski definition) is 3. The number of rotatable bonds is 2. The topological polar surface area (TPSA) is 119 Å². The van der Waals surface area contributed by atoms with Gasteiger partial charge < -0.3 is 20.7 Å². The first kappa shape index (κ1) is 12.8. The monoisotopic (exact) mass is 275 g/mol. The van der Waals surface area contributed by atoms with Crippen LogP contribution >= 0.6 is 0 Å². The van der Waals surface area contributed by atoms with Crippen molar-refractivity contribution in [3.8, 4) is 12.3 Å². The number of aromatic nitrogens is 4. The molecule has 0 radical (unpaired) electrons. The van der Waals surface area contributed by atoms with Gasteiger partial charge >= 0.3 is 0 Å². The Bertz CT molecular complexity index is 694. The molecular formula is C12H13N5O3. The molecule has 2 aromatic rings. The summed E-state index contributed by atoms with van der Waals surface area (Å²) >= 11 is 0. The molecule has 2 aromatic heterocycles. The average molecular weight is 275 g/mol. The third kappa shape index (κ3) is 1.65. The van der Waals surface area contributed by atoms with Crippen LogP contribution in [-0.2, 0) is 4.74 Å². The minimum absolute atomic E-state index is 0.222. The highest BCUT2D eigenvalue weighted by atomic mass is 16.6. The van der Waals surface area contributed by atoms with Crippen molar-refractivity contribution in [3.63, 3.8) is 0 Å². The average Bonchev–Trinajstić information content (AvgIpc) is 3.01. The largest absolute Gasteiger partial charge is 0.392 e. The molecule has 0 unspecified atom stereocenters. The molecule has 4 N–H and O–H groups in total. The highest BCUT2D eigenvalue weighted by Gasteiger charge is 2.47. The number of nitrogens with zero attached hydrogens (tertiary/aromatic N) is 4. The molecule has 3 heterocycles. The second-order valence-corrected chi connectivity index (χ2v) is 4.60. The van der Waals surface area contributed by atoms with Gasteiger partial charge in [0.2, 0.25) is 0 Å². The Morgan fingerprint density at radius 3 is 3.00 bits per heavy atom. The van der Waals surface area contributed by atoms with Crippen molar-refractivity contribution in [2.45, 2.75) is 24.4 Å². The summed E-state index contributed by atoms with van der Waals surface area (Å²) < 4.78 is 7.25. The van der Waals surface area contributed by atoms with Crippen LogP contribution in [0.5, 0.6) is 0 Å². The minimum Gasteiger partial charge on any atom is -0.392 e.